The molecule has 116 valence electrons. The van der Waals surface area contributed by atoms with E-state index in [1.807, 2.05) is 13.8 Å². The van der Waals surface area contributed by atoms with Crippen molar-refractivity contribution in [2.75, 3.05) is 18.4 Å². The maximum Gasteiger partial charge on any atom is 0.257 e. The van der Waals surface area contributed by atoms with Gasteiger partial charge in [-0.3, -0.25) is 4.79 Å². The first kappa shape index (κ1) is 16.3. The Hall–Kier alpha value is -1.08. The summed E-state index contributed by atoms with van der Waals surface area (Å²) in [5, 5.41) is 0.514. The van der Waals surface area contributed by atoms with Gasteiger partial charge in [-0.2, -0.15) is 0 Å². The van der Waals surface area contributed by atoms with Crippen LogP contribution in [0.4, 0.5) is 13.2 Å². The van der Waals surface area contributed by atoms with Crippen LogP contribution in [0.15, 0.2) is 12.1 Å². The molecular weight excluding hydrogens is 351 g/mol. The number of carbonyl (C=O) groups excluding carboxylic acids is 1. The van der Waals surface area contributed by atoms with Crippen LogP contribution < -0.4 is 0 Å². The van der Waals surface area contributed by atoms with Crippen LogP contribution in [0.1, 0.15) is 24.2 Å². The van der Waals surface area contributed by atoms with Crippen molar-refractivity contribution in [2.24, 2.45) is 0 Å². The van der Waals surface area contributed by atoms with Gasteiger partial charge in [-0.1, -0.05) is 15.9 Å². The lowest BCUT2D eigenvalue weighted by Crippen LogP contribution is -2.55. The highest BCUT2D eigenvalue weighted by Crippen LogP contribution is 2.25. The van der Waals surface area contributed by atoms with Crippen LogP contribution in [0.3, 0.4) is 0 Å². The normalized spacial score (nSPS) is 21.4. The SMILES string of the molecule is CC1(C)CN(C(=O)c2ccc(F)c(F)c2F)CC(CBr)O1. The average Bonchev–Trinajstić information content (AvgIpc) is 2.42. The molecule has 0 saturated carbocycles. The van der Waals surface area contributed by atoms with Gasteiger partial charge in [0.05, 0.1) is 17.3 Å². The Morgan fingerprint density at radius 1 is 1.38 bits per heavy atom. The van der Waals surface area contributed by atoms with Gasteiger partial charge in [0.1, 0.15) is 0 Å². The lowest BCUT2D eigenvalue weighted by molar-refractivity contribution is -0.116. The van der Waals surface area contributed by atoms with Gasteiger partial charge in [-0.05, 0) is 26.0 Å². The number of benzene rings is 1. The number of hydrogen-bond acceptors (Lipinski definition) is 2. The lowest BCUT2D eigenvalue weighted by Gasteiger charge is -2.42. The third-order valence-electron chi connectivity index (χ3n) is 3.21. The molecule has 1 aromatic carbocycles. The second kappa shape index (κ2) is 5.96. The number of carbonyl (C=O) groups is 1. The van der Waals surface area contributed by atoms with Crippen molar-refractivity contribution >= 4 is 21.8 Å². The van der Waals surface area contributed by atoms with E-state index < -0.39 is 34.5 Å². The van der Waals surface area contributed by atoms with E-state index in [0.717, 1.165) is 12.1 Å². The Kier molecular flexibility index (Phi) is 4.63. The fraction of sp³-hybridized carbons (Fsp3) is 0.500. The second-order valence-electron chi connectivity index (χ2n) is 5.56. The zero-order valence-corrected chi connectivity index (χ0v) is 13.2. The molecule has 1 unspecified atom stereocenters. The van der Waals surface area contributed by atoms with E-state index in [1.165, 1.54) is 4.90 Å². The summed E-state index contributed by atoms with van der Waals surface area (Å²) in [6.07, 6.45) is -0.244. The Balaban J connectivity index is 2.29. The molecule has 2 rings (SSSR count). The van der Waals surface area contributed by atoms with Crippen LogP contribution in [0.25, 0.3) is 0 Å². The second-order valence-corrected chi connectivity index (χ2v) is 6.21. The summed E-state index contributed by atoms with van der Waals surface area (Å²) in [6, 6.07) is 1.71. The molecule has 21 heavy (non-hydrogen) atoms. The molecule has 1 aliphatic rings. The third kappa shape index (κ3) is 3.40. The van der Waals surface area contributed by atoms with Crippen LogP contribution in [-0.4, -0.2) is 40.9 Å². The summed E-state index contributed by atoms with van der Waals surface area (Å²) in [5.74, 6) is -5.08. The fourth-order valence-corrected chi connectivity index (χ4v) is 2.73. The maximum absolute atomic E-state index is 13.7. The summed E-state index contributed by atoms with van der Waals surface area (Å²) in [5.41, 5.74) is -1.07. The van der Waals surface area contributed by atoms with Crippen molar-refractivity contribution < 1.29 is 22.7 Å². The van der Waals surface area contributed by atoms with Gasteiger partial charge in [0.2, 0.25) is 0 Å². The number of morpholine rings is 1. The molecule has 1 heterocycles. The van der Waals surface area contributed by atoms with Gasteiger partial charge in [-0.25, -0.2) is 13.2 Å². The van der Waals surface area contributed by atoms with E-state index in [2.05, 4.69) is 15.9 Å². The Bertz CT molecular complexity index is 565. The molecule has 1 aliphatic heterocycles. The fourth-order valence-electron chi connectivity index (χ4n) is 2.39. The van der Waals surface area contributed by atoms with E-state index in [9.17, 15) is 18.0 Å². The highest BCUT2D eigenvalue weighted by Gasteiger charge is 2.36. The van der Waals surface area contributed by atoms with Crippen molar-refractivity contribution in [3.63, 3.8) is 0 Å². The predicted octanol–water partition coefficient (Wildman–Crippen LogP) is 3.12. The number of halogens is 4. The average molecular weight is 366 g/mol. The van der Waals surface area contributed by atoms with Crippen molar-refractivity contribution in [2.45, 2.75) is 25.6 Å². The quantitative estimate of drug-likeness (QED) is 0.595. The molecule has 3 nitrogen and oxygen atoms in total. The summed E-state index contributed by atoms with van der Waals surface area (Å²) in [6.45, 7) is 4.12. The molecule has 7 heteroatoms. The Labute approximate surface area is 129 Å². The van der Waals surface area contributed by atoms with Gasteiger partial charge in [0.15, 0.2) is 17.5 Å². The highest BCUT2D eigenvalue weighted by molar-refractivity contribution is 9.09. The van der Waals surface area contributed by atoms with Crippen LogP contribution >= 0.6 is 15.9 Å². The monoisotopic (exact) mass is 365 g/mol. The number of nitrogens with zero attached hydrogens (tertiary/aromatic N) is 1. The third-order valence-corrected chi connectivity index (χ3v) is 3.93. The van der Waals surface area contributed by atoms with Crippen molar-refractivity contribution in [3.05, 3.63) is 35.1 Å². The molecule has 0 aromatic heterocycles. The van der Waals surface area contributed by atoms with Gasteiger partial charge in [0, 0.05) is 18.4 Å². The molecule has 0 radical (unpaired) electrons. The molecular formula is C14H15BrF3NO2. The highest BCUT2D eigenvalue weighted by atomic mass is 79.9. The van der Waals surface area contributed by atoms with E-state index in [4.69, 9.17) is 4.74 Å². The minimum absolute atomic E-state index is 0.244. The zero-order valence-electron chi connectivity index (χ0n) is 11.6. The number of amides is 1. The first-order valence-corrected chi connectivity index (χ1v) is 7.54. The Morgan fingerprint density at radius 3 is 2.67 bits per heavy atom. The van der Waals surface area contributed by atoms with Crippen LogP contribution in [-0.2, 0) is 4.74 Å². The first-order valence-electron chi connectivity index (χ1n) is 6.41. The molecule has 0 bridgehead atoms. The maximum atomic E-state index is 13.7. The largest absolute Gasteiger partial charge is 0.368 e. The molecule has 0 N–H and O–H groups in total. The van der Waals surface area contributed by atoms with Crippen LogP contribution in [0, 0.1) is 17.5 Å². The first-order chi connectivity index (χ1) is 9.75. The van der Waals surface area contributed by atoms with Gasteiger partial charge in [0.25, 0.3) is 5.91 Å². The standard InChI is InChI=1S/C14H15BrF3NO2/c1-14(2)7-19(6-8(5-15)21-14)13(20)9-3-4-10(16)12(18)11(9)17/h3-4,8H,5-7H2,1-2H3. The topological polar surface area (TPSA) is 29.5 Å². The summed E-state index contributed by atoms with van der Waals surface area (Å²) < 4.78 is 45.7. The number of alkyl halides is 1. The van der Waals surface area contributed by atoms with Gasteiger partial charge >= 0.3 is 0 Å². The summed E-state index contributed by atoms with van der Waals surface area (Å²) in [4.78, 5) is 13.8. The van der Waals surface area contributed by atoms with E-state index in [0.29, 0.717) is 5.33 Å². The summed E-state index contributed by atoms with van der Waals surface area (Å²) >= 11 is 3.28. The minimum atomic E-state index is -1.63. The van der Waals surface area contributed by atoms with Crippen molar-refractivity contribution in [3.8, 4) is 0 Å². The number of hydrogen-bond donors (Lipinski definition) is 0. The van der Waals surface area contributed by atoms with Crippen molar-refractivity contribution in [1.82, 2.24) is 4.90 Å². The van der Waals surface area contributed by atoms with E-state index in [-0.39, 0.29) is 19.2 Å². The molecule has 1 atom stereocenters. The van der Waals surface area contributed by atoms with Crippen molar-refractivity contribution in [1.29, 1.82) is 0 Å². The zero-order chi connectivity index (χ0) is 15.8. The van der Waals surface area contributed by atoms with E-state index >= 15 is 0 Å². The predicted molar refractivity (Wildman–Crippen MR) is 75.0 cm³/mol. The molecule has 1 fully saturated rings. The van der Waals surface area contributed by atoms with Crippen LogP contribution in [0.2, 0.25) is 0 Å². The molecule has 1 saturated heterocycles. The minimum Gasteiger partial charge on any atom is -0.368 e. The number of rotatable bonds is 2. The number of ether oxygens (including phenoxy) is 1. The molecule has 0 aliphatic carbocycles. The molecule has 1 amide bonds. The molecule has 0 spiro atoms. The van der Waals surface area contributed by atoms with Crippen LogP contribution in [0.5, 0.6) is 0 Å². The lowest BCUT2D eigenvalue weighted by atomic mass is 10.0. The smallest absolute Gasteiger partial charge is 0.257 e. The summed E-state index contributed by atoms with van der Waals surface area (Å²) in [7, 11) is 0. The van der Waals surface area contributed by atoms with E-state index in [1.54, 1.807) is 0 Å². The Morgan fingerprint density at radius 2 is 2.05 bits per heavy atom. The van der Waals surface area contributed by atoms with Gasteiger partial charge in [-0.15, -0.1) is 0 Å². The van der Waals surface area contributed by atoms with Gasteiger partial charge < -0.3 is 9.64 Å². The molecule has 1 aromatic rings.